The summed E-state index contributed by atoms with van der Waals surface area (Å²) < 4.78 is 5.16. The van der Waals surface area contributed by atoms with Crippen molar-refractivity contribution in [1.82, 2.24) is 4.90 Å². The number of amides is 1. The average Bonchev–Trinajstić information content (AvgIpc) is 2.73. The normalized spacial score (nSPS) is 10.8. The fourth-order valence-electron chi connectivity index (χ4n) is 1.58. The molecule has 4 heteroatoms. The molecule has 4 nitrogen and oxygen atoms in total. The molecule has 0 aromatic carbocycles. The summed E-state index contributed by atoms with van der Waals surface area (Å²) in [5.74, 6) is 1.12. The van der Waals surface area contributed by atoms with Crippen LogP contribution in [0.4, 0.5) is 0 Å². The van der Waals surface area contributed by atoms with Crippen LogP contribution in [0.3, 0.4) is 0 Å². The molecule has 0 aliphatic rings. The van der Waals surface area contributed by atoms with Crippen molar-refractivity contribution in [1.29, 1.82) is 0 Å². The van der Waals surface area contributed by atoms with Gasteiger partial charge in [-0.1, -0.05) is 13.8 Å². The number of rotatable bonds is 5. The highest BCUT2D eigenvalue weighted by atomic mass is 16.3. The first-order chi connectivity index (χ1) is 7.58. The van der Waals surface area contributed by atoms with Crippen LogP contribution in [0, 0.1) is 5.92 Å². The Morgan fingerprint density at radius 3 is 2.69 bits per heavy atom. The molecule has 1 heterocycles. The van der Waals surface area contributed by atoms with Gasteiger partial charge in [0, 0.05) is 13.1 Å². The van der Waals surface area contributed by atoms with Crippen LogP contribution in [0.2, 0.25) is 0 Å². The third kappa shape index (κ3) is 3.10. The molecule has 2 N–H and O–H groups in total. The molecular weight excluding hydrogens is 204 g/mol. The molecule has 0 radical (unpaired) electrons. The maximum atomic E-state index is 12.1. The quantitative estimate of drug-likeness (QED) is 0.830. The van der Waals surface area contributed by atoms with E-state index in [0.29, 0.717) is 30.3 Å². The van der Waals surface area contributed by atoms with Gasteiger partial charge in [0.05, 0.1) is 12.1 Å². The van der Waals surface area contributed by atoms with Gasteiger partial charge in [-0.25, -0.2) is 0 Å². The fourth-order valence-corrected chi connectivity index (χ4v) is 1.58. The molecule has 1 aromatic rings. The molecule has 1 aromatic heterocycles. The van der Waals surface area contributed by atoms with E-state index in [0.717, 1.165) is 6.54 Å². The molecule has 0 fully saturated rings. The van der Waals surface area contributed by atoms with E-state index in [1.807, 2.05) is 11.8 Å². The van der Waals surface area contributed by atoms with Gasteiger partial charge in [-0.3, -0.25) is 4.79 Å². The van der Waals surface area contributed by atoms with Crippen LogP contribution in [0.5, 0.6) is 0 Å². The Kier molecular flexibility index (Phi) is 4.55. The summed E-state index contributed by atoms with van der Waals surface area (Å²) in [4.78, 5) is 13.9. The lowest BCUT2D eigenvalue weighted by atomic mass is 10.2. The second-order valence-electron chi connectivity index (χ2n) is 4.24. The highest BCUT2D eigenvalue weighted by Crippen LogP contribution is 2.11. The molecule has 0 bridgehead atoms. The zero-order chi connectivity index (χ0) is 12.1. The average molecular weight is 224 g/mol. The first kappa shape index (κ1) is 12.8. The standard InChI is InChI=1S/C12H20N2O2/c1-4-14(7-9(2)3)12(15)10-5-11(6-13)16-8-10/h5,8-9H,4,6-7,13H2,1-3H3. The van der Waals surface area contributed by atoms with E-state index in [9.17, 15) is 4.79 Å². The summed E-state index contributed by atoms with van der Waals surface area (Å²) in [7, 11) is 0. The number of carbonyl (C=O) groups is 1. The van der Waals surface area contributed by atoms with Crippen LogP contribution in [-0.4, -0.2) is 23.9 Å². The Morgan fingerprint density at radius 2 is 2.25 bits per heavy atom. The molecule has 1 rings (SSSR count). The second-order valence-corrected chi connectivity index (χ2v) is 4.24. The van der Waals surface area contributed by atoms with E-state index in [2.05, 4.69) is 13.8 Å². The van der Waals surface area contributed by atoms with Gasteiger partial charge in [-0.05, 0) is 18.9 Å². The Morgan fingerprint density at radius 1 is 1.56 bits per heavy atom. The van der Waals surface area contributed by atoms with Crippen molar-refractivity contribution in [3.8, 4) is 0 Å². The minimum absolute atomic E-state index is 0.0136. The SMILES string of the molecule is CCN(CC(C)C)C(=O)c1coc(CN)c1. The molecule has 0 saturated heterocycles. The molecule has 90 valence electrons. The predicted octanol–water partition coefficient (Wildman–Crippen LogP) is 1.86. The third-order valence-electron chi connectivity index (χ3n) is 2.36. The predicted molar refractivity (Wildman–Crippen MR) is 63.0 cm³/mol. The number of hydrogen-bond acceptors (Lipinski definition) is 3. The summed E-state index contributed by atoms with van der Waals surface area (Å²) >= 11 is 0. The molecule has 0 spiro atoms. The fraction of sp³-hybridized carbons (Fsp3) is 0.583. The largest absolute Gasteiger partial charge is 0.467 e. The third-order valence-corrected chi connectivity index (χ3v) is 2.36. The molecule has 0 saturated carbocycles. The Hall–Kier alpha value is -1.29. The number of nitrogens with two attached hydrogens (primary N) is 1. The molecular formula is C12H20N2O2. The van der Waals surface area contributed by atoms with Crippen LogP contribution in [0.15, 0.2) is 16.7 Å². The van der Waals surface area contributed by atoms with Crippen molar-refractivity contribution in [3.05, 3.63) is 23.7 Å². The van der Waals surface area contributed by atoms with E-state index >= 15 is 0 Å². The van der Waals surface area contributed by atoms with Gasteiger partial charge in [0.15, 0.2) is 0 Å². The molecule has 0 atom stereocenters. The van der Waals surface area contributed by atoms with Gasteiger partial charge in [-0.2, -0.15) is 0 Å². The van der Waals surface area contributed by atoms with Gasteiger partial charge in [0.1, 0.15) is 12.0 Å². The highest BCUT2D eigenvalue weighted by Gasteiger charge is 2.17. The van der Waals surface area contributed by atoms with Gasteiger partial charge < -0.3 is 15.1 Å². The minimum Gasteiger partial charge on any atom is -0.467 e. The van der Waals surface area contributed by atoms with Crippen LogP contribution in [-0.2, 0) is 6.54 Å². The smallest absolute Gasteiger partial charge is 0.257 e. The van der Waals surface area contributed by atoms with Crippen LogP contribution < -0.4 is 5.73 Å². The van der Waals surface area contributed by atoms with Crippen molar-refractivity contribution in [3.63, 3.8) is 0 Å². The monoisotopic (exact) mass is 224 g/mol. The minimum atomic E-state index is 0.0136. The second kappa shape index (κ2) is 5.70. The summed E-state index contributed by atoms with van der Waals surface area (Å²) in [5, 5.41) is 0. The molecule has 1 amide bonds. The first-order valence-corrected chi connectivity index (χ1v) is 5.65. The van der Waals surface area contributed by atoms with Crippen LogP contribution in [0.25, 0.3) is 0 Å². The zero-order valence-corrected chi connectivity index (χ0v) is 10.2. The highest BCUT2D eigenvalue weighted by molar-refractivity contribution is 5.94. The van der Waals surface area contributed by atoms with Crippen molar-refractivity contribution in [2.24, 2.45) is 11.7 Å². The summed E-state index contributed by atoms with van der Waals surface area (Å²) in [6.07, 6.45) is 1.48. The summed E-state index contributed by atoms with van der Waals surface area (Å²) in [6, 6.07) is 1.71. The van der Waals surface area contributed by atoms with E-state index in [1.54, 1.807) is 6.07 Å². The Labute approximate surface area is 96.4 Å². The van der Waals surface area contributed by atoms with Crippen molar-refractivity contribution >= 4 is 5.91 Å². The van der Waals surface area contributed by atoms with Gasteiger partial charge >= 0.3 is 0 Å². The maximum Gasteiger partial charge on any atom is 0.257 e. The lowest BCUT2D eigenvalue weighted by Gasteiger charge is -2.22. The number of furan rings is 1. The van der Waals surface area contributed by atoms with Crippen molar-refractivity contribution in [2.45, 2.75) is 27.3 Å². The molecule has 0 aliphatic carbocycles. The maximum absolute atomic E-state index is 12.1. The number of carbonyl (C=O) groups excluding carboxylic acids is 1. The summed E-state index contributed by atoms with van der Waals surface area (Å²) in [6.45, 7) is 7.96. The lowest BCUT2D eigenvalue weighted by Crippen LogP contribution is -2.33. The molecule has 0 aliphatic heterocycles. The zero-order valence-electron chi connectivity index (χ0n) is 10.2. The van der Waals surface area contributed by atoms with E-state index in [-0.39, 0.29) is 5.91 Å². The summed E-state index contributed by atoms with van der Waals surface area (Å²) in [5.41, 5.74) is 6.02. The van der Waals surface area contributed by atoms with Gasteiger partial charge in [0.25, 0.3) is 5.91 Å². The Bertz CT molecular complexity index is 345. The molecule has 16 heavy (non-hydrogen) atoms. The van der Waals surface area contributed by atoms with E-state index < -0.39 is 0 Å². The van der Waals surface area contributed by atoms with Crippen LogP contribution >= 0.6 is 0 Å². The number of hydrogen-bond donors (Lipinski definition) is 1. The van der Waals surface area contributed by atoms with Gasteiger partial charge in [-0.15, -0.1) is 0 Å². The topological polar surface area (TPSA) is 59.5 Å². The van der Waals surface area contributed by atoms with E-state index in [1.165, 1.54) is 6.26 Å². The van der Waals surface area contributed by atoms with Crippen molar-refractivity contribution in [2.75, 3.05) is 13.1 Å². The Balaban J connectivity index is 2.74. The van der Waals surface area contributed by atoms with E-state index in [4.69, 9.17) is 10.2 Å². The number of nitrogens with zero attached hydrogens (tertiary/aromatic N) is 1. The lowest BCUT2D eigenvalue weighted by molar-refractivity contribution is 0.0745. The van der Waals surface area contributed by atoms with Crippen molar-refractivity contribution < 1.29 is 9.21 Å². The van der Waals surface area contributed by atoms with Gasteiger partial charge in [0.2, 0.25) is 0 Å². The molecule has 0 unspecified atom stereocenters. The van der Waals surface area contributed by atoms with Crippen LogP contribution in [0.1, 0.15) is 36.9 Å². The first-order valence-electron chi connectivity index (χ1n) is 5.65.